The van der Waals surface area contributed by atoms with Gasteiger partial charge in [-0.15, -0.1) is 0 Å². The van der Waals surface area contributed by atoms with Crippen LogP contribution in [-0.4, -0.2) is 5.78 Å². The summed E-state index contributed by atoms with van der Waals surface area (Å²) in [5.74, 6) is -2.09. The molecule has 1 unspecified atom stereocenters. The summed E-state index contributed by atoms with van der Waals surface area (Å²) in [6.45, 7) is 0. The van der Waals surface area contributed by atoms with Gasteiger partial charge in [0.05, 0.1) is 12.1 Å². The molecule has 0 N–H and O–H groups in total. The smallest absolute Gasteiger partial charge is 0.163 e. The number of hydrogen-bond donors (Lipinski definition) is 0. The zero-order valence-corrected chi connectivity index (χ0v) is 11.7. The molecule has 3 nitrogen and oxygen atoms in total. The number of nitriles is 2. The van der Waals surface area contributed by atoms with Crippen molar-refractivity contribution in [3.8, 4) is 12.1 Å². The molecule has 0 aliphatic carbocycles. The van der Waals surface area contributed by atoms with Crippen LogP contribution >= 0.6 is 0 Å². The fraction of sp³-hybridized carbons (Fsp3) is 0.167. The van der Waals surface area contributed by atoms with Gasteiger partial charge in [-0.3, -0.25) is 4.79 Å². The Hall–Kier alpha value is -2.98. The highest BCUT2D eigenvalue weighted by Gasteiger charge is 2.26. The van der Waals surface area contributed by atoms with E-state index in [1.54, 1.807) is 24.3 Å². The minimum absolute atomic E-state index is 0.0292. The molecule has 0 fully saturated rings. The number of Topliss-reactive ketones (excluding diaryl/α,β-unsaturated/α-hetero) is 1. The number of nitrogens with zero attached hydrogens (tertiary/aromatic N) is 2. The number of hydrogen-bond acceptors (Lipinski definition) is 3. The van der Waals surface area contributed by atoms with Crippen molar-refractivity contribution in [3.63, 3.8) is 0 Å². The summed E-state index contributed by atoms with van der Waals surface area (Å²) in [5, 5.41) is 18.3. The molecular formula is C18H13FN2O. The van der Waals surface area contributed by atoms with Crippen LogP contribution in [0.2, 0.25) is 0 Å². The zero-order chi connectivity index (χ0) is 15.9. The van der Waals surface area contributed by atoms with E-state index in [2.05, 4.69) is 0 Å². The van der Waals surface area contributed by atoms with Crippen LogP contribution in [-0.2, 0) is 0 Å². The first kappa shape index (κ1) is 15.4. The third-order valence-corrected chi connectivity index (χ3v) is 3.48. The Balaban J connectivity index is 2.30. The van der Waals surface area contributed by atoms with Gasteiger partial charge >= 0.3 is 0 Å². The van der Waals surface area contributed by atoms with Gasteiger partial charge < -0.3 is 0 Å². The van der Waals surface area contributed by atoms with E-state index < -0.39 is 17.7 Å². The fourth-order valence-electron chi connectivity index (χ4n) is 2.29. The summed E-state index contributed by atoms with van der Waals surface area (Å²) in [4.78, 5) is 12.3. The van der Waals surface area contributed by atoms with Gasteiger partial charge in [0.15, 0.2) is 5.78 Å². The van der Waals surface area contributed by atoms with Crippen LogP contribution in [0.4, 0.5) is 4.39 Å². The van der Waals surface area contributed by atoms with Crippen LogP contribution in [0.1, 0.15) is 28.3 Å². The molecular weight excluding hydrogens is 279 g/mol. The number of rotatable bonds is 5. The SMILES string of the molecule is N#CC(C#N)C(CC(=O)c1ccccc1)c1ccc(F)cc1. The number of carbonyl (C=O) groups is 1. The number of carbonyl (C=O) groups excluding carboxylic acids is 1. The molecule has 1 atom stereocenters. The molecule has 0 saturated carbocycles. The molecule has 0 aliphatic heterocycles. The lowest BCUT2D eigenvalue weighted by Crippen LogP contribution is -2.15. The maximum atomic E-state index is 13.0. The quantitative estimate of drug-likeness (QED) is 0.786. The average molecular weight is 292 g/mol. The maximum absolute atomic E-state index is 13.0. The molecule has 0 radical (unpaired) electrons. The summed E-state index contributed by atoms with van der Waals surface area (Å²) in [5.41, 5.74) is 1.14. The molecule has 0 spiro atoms. The van der Waals surface area contributed by atoms with Crippen molar-refractivity contribution in [1.29, 1.82) is 10.5 Å². The molecule has 2 aromatic carbocycles. The van der Waals surface area contributed by atoms with Gasteiger partial charge in [0.1, 0.15) is 11.7 Å². The Bertz CT molecular complexity index is 712. The van der Waals surface area contributed by atoms with E-state index in [9.17, 15) is 9.18 Å². The first-order valence-electron chi connectivity index (χ1n) is 6.78. The molecule has 0 saturated heterocycles. The highest BCUT2D eigenvalue weighted by molar-refractivity contribution is 5.96. The zero-order valence-electron chi connectivity index (χ0n) is 11.7. The Kier molecular flexibility index (Phi) is 5.01. The lowest BCUT2D eigenvalue weighted by molar-refractivity contribution is 0.0971. The predicted molar refractivity (Wildman–Crippen MR) is 79.2 cm³/mol. The van der Waals surface area contributed by atoms with Crippen molar-refractivity contribution >= 4 is 5.78 Å². The largest absolute Gasteiger partial charge is 0.294 e. The van der Waals surface area contributed by atoms with Gasteiger partial charge in [-0.1, -0.05) is 42.5 Å². The maximum Gasteiger partial charge on any atom is 0.163 e. The molecule has 0 aromatic heterocycles. The summed E-state index contributed by atoms with van der Waals surface area (Å²) in [6.07, 6.45) is 0.0292. The summed E-state index contributed by atoms with van der Waals surface area (Å²) in [7, 11) is 0. The van der Waals surface area contributed by atoms with Crippen molar-refractivity contribution in [2.75, 3.05) is 0 Å². The fourth-order valence-corrected chi connectivity index (χ4v) is 2.29. The Labute approximate surface area is 128 Å². The first-order valence-corrected chi connectivity index (χ1v) is 6.78. The van der Waals surface area contributed by atoms with Crippen molar-refractivity contribution in [1.82, 2.24) is 0 Å². The summed E-state index contributed by atoms with van der Waals surface area (Å²) >= 11 is 0. The number of benzene rings is 2. The van der Waals surface area contributed by atoms with E-state index >= 15 is 0 Å². The molecule has 4 heteroatoms. The van der Waals surface area contributed by atoms with E-state index in [0.29, 0.717) is 11.1 Å². The van der Waals surface area contributed by atoms with Crippen molar-refractivity contribution < 1.29 is 9.18 Å². The van der Waals surface area contributed by atoms with Crippen LogP contribution in [0.25, 0.3) is 0 Å². The molecule has 0 aliphatic rings. The molecule has 22 heavy (non-hydrogen) atoms. The van der Waals surface area contributed by atoms with Gasteiger partial charge in [-0.2, -0.15) is 10.5 Å². The predicted octanol–water partition coefficient (Wildman–Crippen LogP) is 3.85. The van der Waals surface area contributed by atoms with Crippen LogP contribution in [0.5, 0.6) is 0 Å². The second kappa shape index (κ2) is 7.15. The van der Waals surface area contributed by atoms with Crippen LogP contribution in [0.15, 0.2) is 54.6 Å². The third-order valence-electron chi connectivity index (χ3n) is 3.48. The minimum Gasteiger partial charge on any atom is -0.294 e. The highest BCUT2D eigenvalue weighted by atomic mass is 19.1. The molecule has 0 bridgehead atoms. The van der Waals surface area contributed by atoms with Crippen molar-refractivity contribution in [2.45, 2.75) is 12.3 Å². The van der Waals surface area contributed by atoms with E-state index in [1.807, 2.05) is 18.2 Å². The molecule has 2 rings (SSSR count). The second-order valence-electron chi connectivity index (χ2n) is 4.89. The van der Waals surface area contributed by atoms with E-state index in [1.165, 1.54) is 24.3 Å². The standard InChI is InChI=1S/C18H13FN2O/c19-16-8-6-13(7-9-16)17(15(11-20)12-21)10-18(22)14-4-2-1-3-5-14/h1-9,15,17H,10H2. The van der Waals surface area contributed by atoms with Gasteiger partial charge in [0.2, 0.25) is 0 Å². The van der Waals surface area contributed by atoms with Crippen molar-refractivity contribution in [2.24, 2.45) is 5.92 Å². The van der Waals surface area contributed by atoms with E-state index in [0.717, 1.165) is 0 Å². The second-order valence-corrected chi connectivity index (χ2v) is 4.89. The average Bonchev–Trinajstić information content (AvgIpc) is 2.56. The Morgan fingerprint density at radius 3 is 2.14 bits per heavy atom. The third kappa shape index (κ3) is 3.56. The van der Waals surface area contributed by atoms with Gasteiger partial charge in [0, 0.05) is 17.9 Å². The van der Waals surface area contributed by atoms with E-state index in [4.69, 9.17) is 10.5 Å². The van der Waals surface area contributed by atoms with Crippen LogP contribution in [0, 0.1) is 34.4 Å². The lowest BCUT2D eigenvalue weighted by Gasteiger charge is -2.17. The summed E-state index contributed by atoms with van der Waals surface area (Å²) in [6, 6.07) is 18.1. The van der Waals surface area contributed by atoms with Gasteiger partial charge in [-0.05, 0) is 17.7 Å². The van der Waals surface area contributed by atoms with Gasteiger partial charge in [0.25, 0.3) is 0 Å². The van der Waals surface area contributed by atoms with E-state index in [-0.39, 0.29) is 12.2 Å². The number of ketones is 1. The first-order chi connectivity index (χ1) is 10.7. The minimum atomic E-state index is -0.960. The summed E-state index contributed by atoms with van der Waals surface area (Å²) < 4.78 is 13.0. The lowest BCUT2D eigenvalue weighted by atomic mass is 9.83. The Morgan fingerprint density at radius 1 is 1.00 bits per heavy atom. The van der Waals surface area contributed by atoms with Crippen LogP contribution < -0.4 is 0 Å². The Morgan fingerprint density at radius 2 is 1.59 bits per heavy atom. The molecule has 2 aromatic rings. The topological polar surface area (TPSA) is 64.7 Å². The van der Waals surface area contributed by atoms with Gasteiger partial charge in [-0.25, -0.2) is 4.39 Å². The van der Waals surface area contributed by atoms with Crippen molar-refractivity contribution in [3.05, 3.63) is 71.5 Å². The molecule has 108 valence electrons. The number of halogens is 1. The molecule has 0 amide bonds. The molecule has 0 heterocycles. The van der Waals surface area contributed by atoms with Crippen LogP contribution in [0.3, 0.4) is 0 Å². The monoisotopic (exact) mass is 292 g/mol. The normalized spacial score (nSPS) is 11.5. The highest BCUT2D eigenvalue weighted by Crippen LogP contribution is 2.29.